The molecule has 3 fully saturated rings. The van der Waals surface area contributed by atoms with Crippen LogP contribution in [0.15, 0.2) is 23.1 Å². The Bertz CT molecular complexity index is 1580. The molecule has 3 aromatic heterocycles. The number of nitrogens with one attached hydrogen (secondary N) is 2. The number of imidazole rings is 1. The highest BCUT2D eigenvalue weighted by molar-refractivity contribution is 5.93. The van der Waals surface area contributed by atoms with Gasteiger partial charge in [-0.3, -0.25) is 9.59 Å². The predicted molar refractivity (Wildman–Crippen MR) is 135 cm³/mol. The number of nitriles is 1. The minimum absolute atomic E-state index is 0.0348. The Kier molecular flexibility index (Phi) is 7.09. The van der Waals surface area contributed by atoms with E-state index in [2.05, 4.69) is 25.7 Å². The minimum Gasteiger partial charge on any atom is -0.344 e. The average Bonchev–Trinajstić information content (AvgIpc) is 3.35. The number of carbonyl (C=O) groups excluding carboxylic acids is 2. The normalized spacial score (nSPS) is 24.9. The van der Waals surface area contributed by atoms with E-state index < -0.39 is 54.3 Å². The van der Waals surface area contributed by atoms with Crippen molar-refractivity contribution in [3.8, 4) is 6.07 Å². The zero-order valence-corrected chi connectivity index (χ0v) is 22.7. The van der Waals surface area contributed by atoms with Gasteiger partial charge in [-0.2, -0.15) is 23.5 Å². The van der Waals surface area contributed by atoms with E-state index in [0.717, 1.165) is 12.8 Å². The topological polar surface area (TPSA) is 151 Å². The number of alkyl halides is 5. The standard InChI is InChI=1S/C27H27F5N8O3/c28-26(29)5-3-16(4-6-26)20(37-23(41)22-21(15-1-2-15)38-43-39-22)17-13-40-19(35-17)9-14(12-34-40)10-25(7-8-33)11-18(27(30,31)32)36-24(25)42/h9,12-13,15-16,18,20H,1-7,10-11H2,(H,36,42)(H,37,41)/t18-,20-,25-/m0/s1. The Hall–Kier alpha value is -4.16. The highest BCUT2D eigenvalue weighted by Crippen LogP contribution is 2.44. The summed E-state index contributed by atoms with van der Waals surface area (Å²) in [5.41, 5.74) is -0.111. The fraction of sp³-hybridized carbons (Fsp3) is 0.593. The van der Waals surface area contributed by atoms with Crippen LogP contribution in [-0.2, 0) is 11.2 Å². The molecular formula is C27H27F5N8O3. The van der Waals surface area contributed by atoms with Gasteiger partial charge < -0.3 is 10.6 Å². The first-order valence-corrected chi connectivity index (χ1v) is 14.0. The van der Waals surface area contributed by atoms with Gasteiger partial charge in [-0.1, -0.05) is 5.16 Å². The van der Waals surface area contributed by atoms with E-state index >= 15 is 0 Å². The summed E-state index contributed by atoms with van der Waals surface area (Å²) in [6.45, 7) is 0. The van der Waals surface area contributed by atoms with E-state index in [0.29, 0.717) is 17.0 Å². The maximum atomic E-state index is 14.0. The third kappa shape index (κ3) is 5.76. The molecule has 0 spiro atoms. The third-order valence-electron chi connectivity index (χ3n) is 8.66. The molecule has 0 aromatic carbocycles. The second-order valence-electron chi connectivity index (χ2n) is 11.8. The molecule has 1 saturated heterocycles. The molecule has 3 atom stereocenters. The lowest BCUT2D eigenvalue weighted by Gasteiger charge is -2.33. The zero-order chi connectivity index (χ0) is 30.6. The Balaban J connectivity index is 1.28. The number of aromatic nitrogens is 5. The smallest absolute Gasteiger partial charge is 0.344 e. The highest BCUT2D eigenvalue weighted by atomic mass is 19.4. The first-order valence-electron chi connectivity index (χ1n) is 14.0. The van der Waals surface area contributed by atoms with Crippen molar-refractivity contribution in [2.75, 3.05) is 0 Å². The summed E-state index contributed by atoms with van der Waals surface area (Å²) in [7, 11) is 0. The second kappa shape index (κ2) is 10.5. The maximum absolute atomic E-state index is 14.0. The number of nitrogens with zero attached hydrogens (tertiary/aromatic N) is 6. The number of hydrogen-bond acceptors (Lipinski definition) is 8. The minimum atomic E-state index is -4.66. The molecule has 2 amide bonds. The molecule has 0 bridgehead atoms. The van der Waals surface area contributed by atoms with Gasteiger partial charge in [0.1, 0.15) is 11.7 Å². The van der Waals surface area contributed by atoms with Crippen LogP contribution in [0, 0.1) is 22.7 Å². The van der Waals surface area contributed by atoms with Crippen LogP contribution < -0.4 is 10.6 Å². The summed E-state index contributed by atoms with van der Waals surface area (Å²) in [4.78, 5) is 30.6. The van der Waals surface area contributed by atoms with E-state index in [1.165, 1.54) is 10.7 Å². The Morgan fingerprint density at radius 3 is 2.63 bits per heavy atom. The Labute approximate surface area is 241 Å². The molecular weight excluding hydrogens is 579 g/mol. The van der Waals surface area contributed by atoms with Gasteiger partial charge in [0, 0.05) is 25.2 Å². The highest BCUT2D eigenvalue weighted by Gasteiger charge is 2.55. The van der Waals surface area contributed by atoms with Crippen LogP contribution in [0.2, 0.25) is 0 Å². The number of rotatable bonds is 8. The second-order valence-corrected chi connectivity index (χ2v) is 11.8. The fourth-order valence-corrected chi connectivity index (χ4v) is 6.15. The van der Waals surface area contributed by atoms with Gasteiger partial charge in [0.15, 0.2) is 11.3 Å². The van der Waals surface area contributed by atoms with Crippen LogP contribution in [0.5, 0.6) is 0 Å². The summed E-state index contributed by atoms with van der Waals surface area (Å²) in [5, 5.41) is 26.1. The van der Waals surface area contributed by atoms with E-state index in [4.69, 9.17) is 4.63 Å². The molecule has 3 aliphatic rings. The summed E-state index contributed by atoms with van der Waals surface area (Å²) >= 11 is 0. The van der Waals surface area contributed by atoms with E-state index in [-0.39, 0.29) is 55.3 Å². The lowest BCUT2D eigenvalue weighted by molar-refractivity contribution is -0.155. The van der Waals surface area contributed by atoms with Crippen LogP contribution in [0.1, 0.15) is 90.8 Å². The molecule has 0 unspecified atom stereocenters. The van der Waals surface area contributed by atoms with Crippen molar-refractivity contribution in [2.45, 2.75) is 87.9 Å². The first kappa shape index (κ1) is 28.9. The summed E-state index contributed by atoms with van der Waals surface area (Å²) in [6.07, 6.45) is -1.65. The maximum Gasteiger partial charge on any atom is 0.408 e. The number of amides is 2. The Morgan fingerprint density at radius 2 is 1.98 bits per heavy atom. The van der Waals surface area contributed by atoms with E-state index in [1.54, 1.807) is 12.3 Å². The molecule has 2 aliphatic carbocycles. The SMILES string of the molecule is N#CC[C@]1(Cc2cnn3cc([C@@H](NC(=O)c4nonc4C4CC4)C4CCC(F)(F)CC4)nc3c2)C[C@@H](C(F)(F)F)NC1=O. The van der Waals surface area contributed by atoms with Crippen molar-refractivity contribution >= 4 is 17.5 Å². The molecule has 43 heavy (non-hydrogen) atoms. The molecule has 6 rings (SSSR count). The molecule has 3 aromatic rings. The molecule has 2 N–H and O–H groups in total. The molecule has 2 saturated carbocycles. The van der Waals surface area contributed by atoms with Gasteiger partial charge in [0.05, 0.1) is 35.6 Å². The molecule has 0 radical (unpaired) electrons. The van der Waals surface area contributed by atoms with Gasteiger partial charge in [-0.15, -0.1) is 0 Å². The molecule has 4 heterocycles. The fourth-order valence-electron chi connectivity index (χ4n) is 6.15. The molecule has 228 valence electrons. The Morgan fingerprint density at radius 1 is 1.23 bits per heavy atom. The van der Waals surface area contributed by atoms with Crippen molar-refractivity contribution in [3.05, 3.63) is 41.1 Å². The van der Waals surface area contributed by atoms with E-state index in [1.807, 2.05) is 11.4 Å². The third-order valence-corrected chi connectivity index (χ3v) is 8.66. The lowest BCUT2D eigenvalue weighted by Crippen LogP contribution is -2.39. The summed E-state index contributed by atoms with van der Waals surface area (Å²) < 4.78 is 74.3. The van der Waals surface area contributed by atoms with Gasteiger partial charge >= 0.3 is 6.18 Å². The lowest BCUT2D eigenvalue weighted by atomic mass is 9.77. The van der Waals surface area contributed by atoms with Crippen LogP contribution in [0.4, 0.5) is 22.0 Å². The van der Waals surface area contributed by atoms with Crippen molar-refractivity contribution in [1.82, 2.24) is 35.5 Å². The monoisotopic (exact) mass is 606 g/mol. The number of halogens is 5. The van der Waals surface area contributed by atoms with Gasteiger partial charge in [0.25, 0.3) is 5.91 Å². The average molecular weight is 607 g/mol. The van der Waals surface area contributed by atoms with Gasteiger partial charge in [-0.05, 0) is 61.2 Å². The quantitative estimate of drug-likeness (QED) is 0.363. The first-order chi connectivity index (χ1) is 20.4. The van der Waals surface area contributed by atoms with Crippen molar-refractivity contribution in [2.24, 2.45) is 11.3 Å². The largest absolute Gasteiger partial charge is 0.408 e. The summed E-state index contributed by atoms with van der Waals surface area (Å²) in [6, 6.07) is 0.541. The molecule has 11 nitrogen and oxygen atoms in total. The van der Waals surface area contributed by atoms with Crippen LogP contribution in [0.3, 0.4) is 0 Å². The number of carbonyl (C=O) groups is 2. The van der Waals surface area contributed by atoms with Crippen molar-refractivity contribution in [1.29, 1.82) is 5.26 Å². The number of hydrogen-bond donors (Lipinski definition) is 2. The van der Waals surface area contributed by atoms with Crippen molar-refractivity contribution in [3.63, 3.8) is 0 Å². The van der Waals surface area contributed by atoms with E-state index in [9.17, 15) is 36.8 Å². The molecule has 1 aliphatic heterocycles. The number of fused-ring (bicyclic) bond motifs is 1. The predicted octanol–water partition coefficient (Wildman–Crippen LogP) is 4.18. The van der Waals surface area contributed by atoms with Crippen LogP contribution >= 0.6 is 0 Å². The van der Waals surface area contributed by atoms with Crippen LogP contribution in [0.25, 0.3) is 5.65 Å². The summed E-state index contributed by atoms with van der Waals surface area (Å²) in [5.74, 6) is -4.52. The zero-order valence-electron chi connectivity index (χ0n) is 22.7. The van der Waals surface area contributed by atoms with Crippen LogP contribution in [-0.4, -0.2) is 54.9 Å². The van der Waals surface area contributed by atoms with Gasteiger partial charge in [0.2, 0.25) is 11.8 Å². The molecule has 16 heteroatoms. The van der Waals surface area contributed by atoms with Gasteiger partial charge in [-0.25, -0.2) is 22.9 Å². The van der Waals surface area contributed by atoms with Crippen molar-refractivity contribution < 1.29 is 36.2 Å².